The van der Waals surface area contributed by atoms with E-state index in [1.807, 2.05) is 20.8 Å². The first-order chi connectivity index (χ1) is 20.4. The van der Waals surface area contributed by atoms with E-state index in [1.165, 1.54) is 19.0 Å². The Labute approximate surface area is 254 Å². The molecule has 1 aromatic rings. The summed E-state index contributed by atoms with van der Waals surface area (Å²) in [5, 5.41) is 40.2. The van der Waals surface area contributed by atoms with Gasteiger partial charge in [-0.15, -0.1) is 4.91 Å². The van der Waals surface area contributed by atoms with Crippen LogP contribution in [0.1, 0.15) is 43.9 Å². The van der Waals surface area contributed by atoms with Crippen LogP contribution in [-0.2, 0) is 32.1 Å². The van der Waals surface area contributed by atoms with Gasteiger partial charge in [0.25, 0.3) is 5.91 Å². The molecule has 0 bridgehead atoms. The van der Waals surface area contributed by atoms with Crippen molar-refractivity contribution in [1.29, 1.82) is 0 Å². The fourth-order valence-electron chi connectivity index (χ4n) is 6.48. The summed E-state index contributed by atoms with van der Waals surface area (Å²) in [5.74, 6) is -6.96. The van der Waals surface area contributed by atoms with E-state index in [4.69, 9.17) is 10.5 Å². The molecular weight excluding hydrogens is 574 g/mol. The van der Waals surface area contributed by atoms with E-state index in [-0.39, 0.29) is 53.8 Å². The number of nitroso groups, excluding NO2 is 1. The van der Waals surface area contributed by atoms with Crippen LogP contribution in [0.5, 0.6) is 0 Å². The number of aliphatic hydroxyl groups is 3. The number of carbonyl (C=O) groups is 4. The third-order valence-electron chi connectivity index (χ3n) is 8.41. The lowest BCUT2D eigenvalue weighted by atomic mass is 9.57. The minimum absolute atomic E-state index is 0.0363. The zero-order valence-corrected chi connectivity index (χ0v) is 25.8. The molecule has 0 heterocycles. The number of nitrogens with one attached hydrogen (secondary N) is 1. The van der Waals surface area contributed by atoms with Gasteiger partial charge in [0.2, 0.25) is 5.78 Å². The van der Waals surface area contributed by atoms with Crippen LogP contribution in [0.15, 0.2) is 28.1 Å². The second-order valence-electron chi connectivity index (χ2n) is 13.2. The van der Waals surface area contributed by atoms with Crippen molar-refractivity contribution < 1.29 is 39.2 Å². The molecule has 3 aliphatic rings. The van der Waals surface area contributed by atoms with Crippen LogP contribution < -0.4 is 16.0 Å². The van der Waals surface area contributed by atoms with E-state index in [0.29, 0.717) is 11.3 Å². The van der Waals surface area contributed by atoms with E-state index >= 15 is 0 Å². The van der Waals surface area contributed by atoms with Crippen LogP contribution in [0, 0.1) is 22.2 Å². The number of ketones is 2. The molecule has 1 fully saturated rings. The average Bonchev–Trinajstić information content (AvgIpc) is 2.91. The lowest BCUT2D eigenvalue weighted by molar-refractivity contribution is -0.153. The van der Waals surface area contributed by atoms with Crippen molar-refractivity contribution in [1.82, 2.24) is 10.2 Å². The smallest absolute Gasteiger partial charge is 0.407 e. The molecule has 238 valence electrons. The number of nitrogens with two attached hydrogens (primary N) is 1. The van der Waals surface area contributed by atoms with Gasteiger partial charge in [-0.2, -0.15) is 0 Å². The van der Waals surface area contributed by atoms with Gasteiger partial charge in [-0.25, -0.2) is 4.79 Å². The molecule has 4 atom stereocenters. The Morgan fingerprint density at radius 2 is 1.82 bits per heavy atom. The molecule has 0 spiro atoms. The van der Waals surface area contributed by atoms with Gasteiger partial charge in [0.15, 0.2) is 11.4 Å². The number of Topliss-reactive ketones (excluding diaryl/α,β-unsaturated/α-hetero) is 2. The van der Waals surface area contributed by atoms with Gasteiger partial charge < -0.3 is 36.0 Å². The number of hydrogen-bond acceptors (Lipinski definition) is 12. The summed E-state index contributed by atoms with van der Waals surface area (Å²) < 4.78 is 5.24. The topological polar surface area (TPSA) is 212 Å². The highest BCUT2D eigenvalue weighted by atomic mass is 16.5. The van der Waals surface area contributed by atoms with Gasteiger partial charge >= 0.3 is 6.09 Å². The molecule has 0 radical (unpaired) electrons. The van der Waals surface area contributed by atoms with E-state index in [9.17, 15) is 39.4 Å². The van der Waals surface area contributed by atoms with Crippen molar-refractivity contribution in [2.75, 3.05) is 39.7 Å². The Balaban J connectivity index is 1.87. The van der Waals surface area contributed by atoms with E-state index in [0.717, 1.165) is 0 Å². The van der Waals surface area contributed by atoms with Gasteiger partial charge in [-0.3, -0.25) is 19.3 Å². The van der Waals surface area contributed by atoms with E-state index in [2.05, 4.69) is 10.5 Å². The number of nitrogens with zero attached hydrogens (tertiary/aromatic N) is 3. The number of anilines is 1. The molecule has 1 saturated carbocycles. The second-order valence-corrected chi connectivity index (χ2v) is 13.2. The zero-order chi connectivity index (χ0) is 33.0. The maximum Gasteiger partial charge on any atom is 0.407 e. The molecule has 1 aromatic carbocycles. The van der Waals surface area contributed by atoms with Crippen molar-refractivity contribution in [3.63, 3.8) is 0 Å². The number of aliphatic hydroxyl groups excluding tert-OH is 2. The number of hydrogen-bond donors (Lipinski definition) is 5. The predicted octanol–water partition coefficient (Wildman–Crippen LogP) is 1.99. The molecule has 3 aliphatic carbocycles. The maximum absolute atomic E-state index is 14.1. The molecule has 2 amide bonds. The monoisotopic (exact) mass is 613 g/mol. The Kier molecular flexibility index (Phi) is 8.39. The summed E-state index contributed by atoms with van der Waals surface area (Å²) in [6.45, 7) is 5.64. The molecule has 0 aliphatic heterocycles. The number of carbonyl (C=O) groups excluding carboxylic acids is 4. The number of amides is 2. The summed E-state index contributed by atoms with van der Waals surface area (Å²) >= 11 is 0. The Morgan fingerprint density at radius 1 is 1.18 bits per heavy atom. The molecule has 6 N–H and O–H groups in total. The third kappa shape index (κ3) is 5.21. The Bertz CT molecular complexity index is 1520. The highest BCUT2D eigenvalue weighted by Crippen LogP contribution is 2.54. The van der Waals surface area contributed by atoms with Crippen molar-refractivity contribution in [3.8, 4) is 0 Å². The molecule has 4 rings (SSSR count). The minimum Gasteiger partial charge on any atom is -0.508 e. The minimum atomic E-state index is -2.75. The number of rotatable bonds is 7. The molecule has 14 heteroatoms. The van der Waals surface area contributed by atoms with Gasteiger partial charge in [0.05, 0.1) is 18.2 Å². The number of benzene rings is 1. The summed E-state index contributed by atoms with van der Waals surface area (Å²) in [4.78, 5) is 67.4. The van der Waals surface area contributed by atoms with Gasteiger partial charge in [0, 0.05) is 43.4 Å². The van der Waals surface area contributed by atoms with Crippen LogP contribution in [0.3, 0.4) is 0 Å². The van der Waals surface area contributed by atoms with Crippen molar-refractivity contribution in [2.24, 2.45) is 28.2 Å². The van der Waals surface area contributed by atoms with Crippen LogP contribution in [-0.4, -0.2) is 90.2 Å². The summed E-state index contributed by atoms with van der Waals surface area (Å²) in [6.07, 6.45) is -0.647. The highest BCUT2D eigenvalue weighted by Gasteiger charge is 2.64. The lowest BCUT2D eigenvalue weighted by Gasteiger charge is -2.50. The standard InChI is InChI=1S/C30H39N5O9/c1-29(2,3)12-44-28(41)32-11-14-10-17(34(4)5)15-8-13-9-16-22(35(6)7)24(37)20(27(31)40)26(39)30(16,42)25(38)18(13)23(36)19(15)21(14)33-43/h10,13,16,22,36,39,42H,8-9,11-12H2,1-7H3,(H2,31,40)(H,32,41)/t13-,16-,22-,30-/m0/s1. The quantitative estimate of drug-likeness (QED) is 0.222. The van der Waals surface area contributed by atoms with E-state index in [1.54, 1.807) is 25.1 Å². The van der Waals surface area contributed by atoms with Crippen LogP contribution in [0.4, 0.5) is 16.2 Å². The van der Waals surface area contributed by atoms with Gasteiger partial charge in [0.1, 0.15) is 22.8 Å². The predicted molar refractivity (Wildman–Crippen MR) is 160 cm³/mol. The largest absolute Gasteiger partial charge is 0.508 e. The van der Waals surface area contributed by atoms with Gasteiger partial charge in [-0.1, -0.05) is 20.8 Å². The number of alkyl carbamates (subject to hydrolysis) is 1. The number of primary amides is 1. The Hall–Kier alpha value is -4.30. The summed E-state index contributed by atoms with van der Waals surface area (Å²) in [5.41, 5.74) is 2.21. The maximum atomic E-state index is 14.1. The number of likely N-dealkylation sites (N-methyl/N-ethyl adjacent to an activating group) is 1. The Morgan fingerprint density at radius 3 is 2.34 bits per heavy atom. The molecule has 0 saturated heterocycles. The third-order valence-corrected chi connectivity index (χ3v) is 8.41. The lowest BCUT2D eigenvalue weighted by Crippen LogP contribution is -2.65. The van der Waals surface area contributed by atoms with Crippen molar-refractivity contribution in [3.05, 3.63) is 44.6 Å². The molecular formula is C30H39N5O9. The SMILES string of the molecule is CN(C)c1cc(CNC(=O)OCC(C)(C)C)c(N=O)c2c1C[C@H]1C[C@H]3[C@H](N(C)C)C(=O)C(C(N)=O)=C(O)[C@@]3(O)C(=O)C1=C2O. The number of fused-ring (bicyclic) bond motifs is 3. The molecule has 0 unspecified atom stereocenters. The second kappa shape index (κ2) is 11.3. The highest BCUT2D eigenvalue weighted by molar-refractivity contribution is 6.24. The molecule has 44 heavy (non-hydrogen) atoms. The van der Waals surface area contributed by atoms with E-state index < -0.39 is 64.1 Å². The molecule has 0 aromatic heterocycles. The van der Waals surface area contributed by atoms with Crippen LogP contribution in [0.2, 0.25) is 0 Å². The summed E-state index contributed by atoms with van der Waals surface area (Å²) in [6, 6.07) is 0.471. The first-order valence-electron chi connectivity index (χ1n) is 14.1. The van der Waals surface area contributed by atoms with Crippen LogP contribution in [0.25, 0.3) is 5.76 Å². The van der Waals surface area contributed by atoms with Crippen molar-refractivity contribution in [2.45, 2.75) is 51.8 Å². The first kappa shape index (κ1) is 32.6. The fraction of sp³-hybridized carbons (Fsp3) is 0.533. The molecule has 14 nitrogen and oxygen atoms in total. The van der Waals surface area contributed by atoms with Crippen molar-refractivity contribution >= 4 is 40.7 Å². The number of ether oxygens (including phenoxy) is 1. The average molecular weight is 614 g/mol. The van der Waals surface area contributed by atoms with Crippen LogP contribution >= 0.6 is 0 Å². The first-order valence-corrected chi connectivity index (χ1v) is 14.1. The fourth-order valence-corrected chi connectivity index (χ4v) is 6.48. The van der Waals surface area contributed by atoms with Gasteiger partial charge in [-0.05, 0) is 55.1 Å². The zero-order valence-electron chi connectivity index (χ0n) is 25.8. The normalized spacial score (nSPS) is 24.9. The summed E-state index contributed by atoms with van der Waals surface area (Å²) in [7, 11) is 6.56.